The van der Waals surface area contributed by atoms with Gasteiger partial charge >= 0.3 is 0 Å². The van der Waals surface area contributed by atoms with Crippen LogP contribution in [0.3, 0.4) is 0 Å². The first-order valence-electron chi connectivity index (χ1n) is 6.51. The fourth-order valence-corrected chi connectivity index (χ4v) is 1.95. The number of aromatic nitrogens is 2. The van der Waals surface area contributed by atoms with Gasteiger partial charge in [0.25, 0.3) is 0 Å². The molecule has 0 fully saturated rings. The number of nitrogens with one attached hydrogen (secondary N) is 1. The summed E-state index contributed by atoms with van der Waals surface area (Å²) in [7, 11) is 1.63. The van der Waals surface area contributed by atoms with Crippen LogP contribution >= 0.6 is 11.6 Å². The number of carbonyl (C=O) groups is 1. The Labute approximate surface area is 119 Å². The van der Waals surface area contributed by atoms with E-state index in [1.54, 1.807) is 7.05 Å². The van der Waals surface area contributed by atoms with Crippen molar-refractivity contribution >= 4 is 23.3 Å². The third-order valence-electron chi connectivity index (χ3n) is 2.83. The highest BCUT2D eigenvalue weighted by Crippen LogP contribution is 2.23. The molecule has 6 heteroatoms. The molecule has 0 spiro atoms. The van der Waals surface area contributed by atoms with Gasteiger partial charge in [-0.05, 0) is 13.3 Å². The topological polar surface area (TPSA) is 58.1 Å². The van der Waals surface area contributed by atoms with E-state index in [-0.39, 0.29) is 12.5 Å². The number of hydrogen-bond donors (Lipinski definition) is 1. The molecular weight excluding hydrogens is 264 g/mol. The minimum Gasteiger partial charge on any atom is -0.358 e. The van der Waals surface area contributed by atoms with Gasteiger partial charge in [0.05, 0.1) is 6.54 Å². The van der Waals surface area contributed by atoms with Crippen LogP contribution in [0.5, 0.6) is 0 Å². The number of amides is 1. The summed E-state index contributed by atoms with van der Waals surface area (Å²) in [4.78, 5) is 22.3. The number of anilines is 1. The van der Waals surface area contributed by atoms with E-state index in [0.717, 1.165) is 24.3 Å². The molecule has 1 aromatic heterocycles. The van der Waals surface area contributed by atoms with Crippen LogP contribution in [0.15, 0.2) is 0 Å². The summed E-state index contributed by atoms with van der Waals surface area (Å²) in [6.45, 7) is 6.96. The van der Waals surface area contributed by atoms with E-state index >= 15 is 0 Å². The second-order valence-electron chi connectivity index (χ2n) is 4.33. The maximum absolute atomic E-state index is 11.6. The molecule has 1 N–H and O–H groups in total. The summed E-state index contributed by atoms with van der Waals surface area (Å²) >= 11 is 6.13. The largest absolute Gasteiger partial charge is 0.358 e. The fourth-order valence-electron chi connectivity index (χ4n) is 1.77. The second kappa shape index (κ2) is 7.28. The zero-order valence-corrected chi connectivity index (χ0v) is 12.7. The molecule has 1 aromatic rings. The smallest absolute Gasteiger partial charge is 0.239 e. The van der Waals surface area contributed by atoms with Gasteiger partial charge in [-0.2, -0.15) is 0 Å². The molecule has 0 aliphatic heterocycles. The fraction of sp³-hybridized carbons (Fsp3) is 0.615. The number of rotatable bonds is 6. The van der Waals surface area contributed by atoms with Crippen LogP contribution in [0.25, 0.3) is 0 Å². The lowest BCUT2D eigenvalue weighted by molar-refractivity contribution is -0.119. The zero-order chi connectivity index (χ0) is 14.4. The zero-order valence-electron chi connectivity index (χ0n) is 12.0. The molecule has 1 rings (SSSR count). The Morgan fingerprint density at radius 1 is 1.37 bits per heavy atom. The lowest BCUT2D eigenvalue weighted by atomic mass is 10.2. The third-order valence-corrected chi connectivity index (χ3v) is 3.20. The number of halogens is 1. The standard InChI is InChI=1S/C13H21ClN4O/c1-5-7-18(8-11(19)15-4)13-9(3)12(14)16-10(6-2)17-13/h5-8H2,1-4H3,(H,15,19). The Morgan fingerprint density at radius 2 is 2.05 bits per heavy atom. The molecule has 0 aliphatic carbocycles. The molecule has 106 valence electrons. The summed E-state index contributed by atoms with van der Waals surface area (Å²) in [5, 5.41) is 3.09. The van der Waals surface area contributed by atoms with Crippen LogP contribution in [0.1, 0.15) is 31.7 Å². The first kappa shape index (κ1) is 15.7. The summed E-state index contributed by atoms with van der Waals surface area (Å²) < 4.78 is 0. The summed E-state index contributed by atoms with van der Waals surface area (Å²) in [6, 6.07) is 0. The van der Waals surface area contributed by atoms with Gasteiger partial charge in [-0.3, -0.25) is 4.79 Å². The molecule has 0 saturated carbocycles. The average Bonchev–Trinajstić information content (AvgIpc) is 2.41. The van der Waals surface area contributed by atoms with Crippen molar-refractivity contribution in [2.24, 2.45) is 0 Å². The Morgan fingerprint density at radius 3 is 2.58 bits per heavy atom. The highest BCUT2D eigenvalue weighted by molar-refractivity contribution is 6.30. The van der Waals surface area contributed by atoms with Gasteiger partial charge in [0.1, 0.15) is 16.8 Å². The molecule has 19 heavy (non-hydrogen) atoms. The molecule has 1 amide bonds. The van der Waals surface area contributed by atoms with Crippen LogP contribution in [-0.4, -0.2) is 36.0 Å². The van der Waals surface area contributed by atoms with Crippen molar-refractivity contribution in [2.45, 2.75) is 33.6 Å². The molecule has 0 atom stereocenters. The number of aryl methyl sites for hydroxylation is 1. The molecule has 0 saturated heterocycles. The van der Waals surface area contributed by atoms with Gasteiger partial charge in [-0.1, -0.05) is 25.4 Å². The van der Waals surface area contributed by atoms with Gasteiger partial charge in [-0.15, -0.1) is 0 Å². The molecule has 0 aliphatic rings. The summed E-state index contributed by atoms with van der Waals surface area (Å²) in [5.41, 5.74) is 0.816. The Kier molecular flexibility index (Phi) is 6.02. The van der Waals surface area contributed by atoms with E-state index in [9.17, 15) is 4.79 Å². The van der Waals surface area contributed by atoms with Crippen molar-refractivity contribution < 1.29 is 4.79 Å². The molecule has 0 unspecified atom stereocenters. The van der Waals surface area contributed by atoms with Crippen LogP contribution in [0, 0.1) is 6.92 Å². The van der Waals surface area contributed by atoms with Crippen LogP contribution < -0.4 is 10.2 Å². The first-order valence-corrected chi connectivity index (χ1v) is 6.89. The van der Waals surface area contributed by atoms with Gasteiger partial charge in [-0.25, -0.2) is 9.97 Å². The maximum Gasteiger partial charge on any atom is 0.239 e. The van der Waals surface area contributed by atoms with Crippen LogP contribution in [0.4, 0.5) is 5.82 Å². The minimum absolute atomic E-state index is 0.0411. The monoisotopic (exact) mass is 284 g/mol. The molecule has 0 radical (unpaired) electrons. The lowest BCUT2D eigenvalue weighted by Gasteiger charge is -2.24. The number of nitrogens with zero attached hydrogens (tertiary/aromatic N) is 3. The van der Waals surface area contributed by atoms with Crippen LogP contribution in [-0.2, 0) is 11.2 Å². The minimum atomic E-state index is -0.0411. The first-order chi connectivity index (χ1) is 9.03. The quantitative estimate of drug-likeness (QED) is 0.812. The molecule has 1 heterocycles. The predicted octanol–water partition coefficient (Wildman–Crippen LogP) is 1.96. The second-order valence-corrected chi connectivity index (χ2v) is 4.69. The van der Waals surface area contributed by atoms with Crippen molar-refractivity contribution in [3.8, 4) is 0 Å². The van der Waals surface area contributed by atoms with Gasteiger partial charge in [0.15, 0.2) is 0 Å². The number of carbonyl (C=O) groups excluding carboxylic acids is 1. The Balaban J connectivity index is 3.13. The number of likely N-dealkylation sites (N-methyl/N-ethyl adjacent to an activating group) is 1. The van der Waals surface area contributed by atoms with E-state index in [2.05, 4.69) is 22.2 Å². The predicted molar refractivity (Wildman–Crippen MR) is 77.7 cm³/mol. The van der Waals surface area contributed by atoms with Crippen molar-refractivity contribution in [3.63, 3.8) is 0 Å². The SMILES string of the molecule is CCCN(CC(=O)NC)c1nc(CC)nc(Cl)c1C. The van der Waals surface area contributed by atoms with Gasteiger partial charge in [0.2, 0.25) is 5.91 Å². The van der Waals surface area contributed by atoms with Gasteiger partial charge in [0, 0.05) is 25.6 Å². The lowest BCUT2D eigenvalue weighted by Crippen LogP contribution is -2.37. The molecule has 0 bridgehead atoms. The average molecular weight is 285 g/mol. The maximum atomic E-state index is 11.6. The van der Waals surface area contributed by atoms with Gasteiger partial charge < -0.3 is 10.2 Å². The third kappa shape index (κ3) is 4.06. The van der Waals surface area contributed by atoms with E-state index < -0.39 is 0 Å². The highest BCUT2D eigenvalue weighted by atomic mass is 35.5. The Bertz CT molecular complexity index is 451. The van der Waals surface area contributed by atoms with E-state index in [0.29, 0.717) is 17.4 Å². The molecule has 0 aromatic carbocycles. The molecule has 5 nitrogen and oxygen atoms in total. The van der Waals surface area contributed by atoms with Crippen LogP contribution in [0.2, 0.25) is 5.15 Å². The van der Waals surface area contributed by atoms with E-state index in [1.165, 1.54) is 0 Å². The van der Waals surface area contributed by atoms with Crippen molar-refractivity contribution in [2.75, 3.05) is 25.0 Å². The highest BCUT2D eigenvalue weighted by Gasteiger charge is 2.17. The summed E-state index contributed by atoms with van der Waals surface area (Å²) in [6.07, 6.45) is 1.65. The normalized spacial score (nSPS) is 10.4. The Hall–Kier alpha value is -1.36. The molecular formula is C13H21ClN4O. The number of hydrogen-bond acceptors (Lipinski definition) is 4. The van der Waals surface area contributed by atoms with E-state index in [4.69, 9.17) is 11.6 Å². The van der Waals surface area contributed by atoms with Crippen molar-refractivity contribution in [1.82, 2.24) is 15.3 Å². The van der Waals surface area contributed by atoms with Crippen molar-refractivity contribution in [1.29, 1.82) is 0 Å². The van der Waals surface area contributed by atoms with Crippen molar-refractivity contribution in [3.05, 3.63) is 16.5 Å². The van der Waals surface area contributed by atoms with E-state index in [1.807, 2.05) is 18.7 Å². The summed E-state index contributed by atoms with van der Waals surface area (Å²) in [5.74, 6) is 1.41.